The molecule has 6 nitrogen and oxygen atoms in total. The fourth-order valence-electron chi connectivity index (χ4n) is 1.46. The average molecular weight is 263 g/mol. The monoisotopic (exact) mass is 263 g/mol. The van der Waals surface area contributed by atoms with Crippen LogP contribution in [0, 0.1) is 6.92 Å². The van der Waals surface area contributed by atoms with E-state index in [1.54, 1.807) is 23.8 Å². The van der Waals surface area contributed by atoms with Gasteiger partial charge in [-0.2, -0.15) is 0 Å². The zero-order valence-corrected chi connectivity index (χ0v) is 10.6. The predicted molar refractivity (Wildman–Crippen MR) is 70.1 cm³/mol. The number of hydrogen-bond donors (Lipinski definition) is 3. The first-order valence-electron chi connectivity index (χ1n) is 5.31. The van der Waals surface area contributed by atoms with E-state index in [9.17, 15) is 4.79 Å². The van der Waals surface area contributed by atoms with Crippen molar-refractivity contribution in [3.63, 3.8) is 0 Å². The Hall–Kier alpha value is -1.99. The number of amides is 1. The third-order valence-corrected chi connectivity index (χ3v) is 3.38. The average Bonchev–Trinajstić information content (AvgIpc) is 2.81. The molecule has 0 aromatic carbocycles. The minimum Gasteiger partial charge on any atom is -0.347 e. The molecule has 2 rings (SSSR count). The van der Waals surface area contributed by atoms with E-state index in [0.717, 1.165) is 10.6 Å². The van der Waals surface area contributed by atoms with Crippen LogP contribution in [0.3, 0.4) is 0 Å². The minimum absolute atomic E-state index is 0.219. The third kappa shape index (κ3) is 2.63. The van der Waals surface area contributed by atoms with E-state index in [1.165, 1.54) is 11.3 Å². The normalized spacial score (nSPS) is 10.1. The largest absolute Gasteiger partial charge is 0.347 e. The summed E-state index contributed by atoms with van der Waals surface area (Å²) in [5.74, 6) is 5.44. The zero-order chi connectivity index (χ0) is 13.0. The van der Waals surface area contributed by atoms with Crippen LogP contribution in [0.5, 0.6) is 0 Å². The van der Waals surface area contributed by atoms with Gasteiger partial charge >= 0.3 is 0 Å². The Balaban J connectivity index is 2.06. The molecule has 1 amide bonds. The van der Waals surface area contributed by atoms with Crippen molar-refractivity contribution in [1.29, 1.82) is 0 Å². The van der Waals surface area contributed by atoms with Gasteiger partial charge in [-0.05, 0) is 19.1 Å². The van der Waals surface area contributed by atoms with E-state index in [0.29, 0.717) is 17.9 Å². The van der Waals surface area contributed by atoms with Crippen molar-refractivity contribution < 1.29 is 4.79 Å². The first-order chi connectivity index (χ1) is 8.72. The first kappa shape index (κ1) is 12.5. The van der Waals surface area contributed by atoms with Crippen LogP contribution in [0.15, 0.2) is 23.8 Å². The van der Waals surface area contributed by atoms with Crippen LogP contribution in [-0.2, 0) is 6.54 Å². The summed E-state index contributed by atoms with van der Waals surface area (Å²) < 4.78 is 0. The Bertz CT molecular complexity index is 554. The molecule has 0 saturated heterocycles. The van der Waals surface area contributed by atoms with E-state index in [4.69, 9.17) is 5.84 Å². The molecular formula is C11H13N5OS. The van der Waals surface area contributed by atoms with Gasteiger partial charge in [0.05, 0.1) is 23.3 Å². The lowest BCUT2D eigenvalue weighted by molar-refractivity contribution is 0.0951. The number of aryl methyl sites for hydroxylation is 1. The van der Waals surface area contributed by atoms with E-state index >= 15 is 0 Å². The summed E-state index contributed by atoms with van der Waals surface area (Å²) in [4.78, 5) is 21.1. The van der Waals surface area contributed by atoms with Gasteiger partial charge in [0.2, 0.25) is 0 Å². The van der Waals surface area contributed by atoms with Gasteiger partial charge in [-0.15, -0.1) is 11.3 Å². The number of rotatable bonds is 4. The number of thiazole rings is 1. The molecule has 2 heterocycles. The maximum absolute atomic E-state index is 12.0. The smallest absolute Gasteiger partial charge is 0.255 e. The Labute approximate surface area is 108 Å². The second-order valence-corrected chi connectivity index (χ2v) is 4.53. The highest BCUT2D eigenvalue weighted by Crippen LogP contribution is 2.13. The van der Waals surface area contributed by atoms with Crippen LogP contribution in [0.4, 0.5) is 5.82 Å². The quantitative estimate of drug-likeness (QED) is 0.566. The maximum Gasteiger partial charge on any atom is 0.255 e. The summed E-state index contributed by atoms with van der Waals surface area (Å²) >= 11 is 1.51. The molecule has 0 fully saturated rings. The van der Waals surface area contributed by atoms with Crippen molar-refractivity contribution >= 4 is 23.1 Å². The topological polar surface area (TPSA) is 92.9 Å². The van der Waals surface area contributed by atoms with Gasteiger partial charge in [-0.3, -0.25) is 4.79 Å². The van der Waals surface area contributed by atoms with Crippen molar-refractivity contribution in [3.8, 4) is 0 Å². The van der Waals surface area contributed by atoms with Crippen LogP contribution in [-0.4, -0.2) is 15.9 Å². The molecule has 0 aliphatic heterocycles. The number of carbonyl (C=O) groups is 1. The van der Waals surface area contributed by atoms with Crippen molar-refractivity contribution in [3.05, 3.63) is 40.0 Å². The number of hydrogen-bond acceptors (Lipinski definition) is 6. The Morgan fingerprint density at radius 1 is 1.50 bits per heavy atom. The molecule has 0 unspecified atom stereocenters. The van der Waals surface area contributed by atoms with Crippen LogP contribution >= 0.6 is 11.3 Å². The number of pyridine rings is 1. The summed E-state index contributed by atoms with van der Waals surface area (Å²) in [5.41, 5.74) is 5.51. The van der Waals surface area contributed by atoms with Crippen molar-refractivity contribution in [2.45, 2.75) is 13.5 Å². The summed E-state index contributed by atoms with van der Waals surface area (Å²) in [6, 6.07) is 3.35. The SMILES string of the molecule is Cc1ncsc1CNC(=O)c1cccnc1NN. The molecule has 0 aliphatic carbocycles. The van der Waals surface area contributed by atoms with Gasteiger partial charge in [0.25, 0.3) is 5.91 Å². The fourth-order valence-corrected chi connectivity index (χ4v) is 2.17. The molecule has 0 spiro atoms. The lowest BCUT2D eigenvalue weighted by Gasteiger charge is -2.07. The van der Waals surface area contributed by atoms with Gasteiger partial charge in [0.1, 0.15) is 0 Å². The number of nitrogens with zero attached hydrogens (tertiary/aromatic N) is 2. The molecule has 7 heteroatoms. The van der Waals surface area contributed by atoms with Crippen molar-refractivity contribution in [2.75, 3.05) is 5.43 Å². The number of nitrogen functional groups attached to an aromatic ring is 1. The number of aromatic nitrogens is 2. The summed E-state index contributed by atoms with van der Waals surface area (Å²) in [5, 5.41) is 2.81. The van der Waals surface area contributed by atoms with E-state index < -0.39 is 0 Å². The van der Waals surface area contributed by atoms with Crippen LogP contribution in [0.2, 0.25) is 0 Å². The van der Waals surface area contributed by atoms with Crippen LogP contribution in [0.25, 0.3) is 0 Å². The molecule has 4 N–H and O–H groups in total. The molecule has 0 radical (unpaired) electrons. The fraction of sp³-hybridized carbons (Fsp3) is 0.182. The second-order valence-electron chi connectivity index (χ2n) is 3.59. The Kier molecular flexibility index (Phi) is 3.85. The molecule has 2 aromatic rings. The molecule has 94 valence electrons. The van der Waals surface area contributed by atoms with Crippen molar-refractivity contribution in [1.82, 2.24) is 15.3 Å². The summed E-state index contributed by atoms with van der Waals surface area (Å²) in [7, 11) is 0. The van der Waals surface area contributed by atoms with E-state index in [-0.39, 0.29) is 5.91 Å². The molecule has 2 aromatic heterocycles. The molecular weight excluding hydrogens is 250 g/mol. The van der Waals surface area contributed by atoms with Gasteiger partial charge in [0.15, 0.2) is 5.82 Å². The first-order valence-corrected chi connectivity index (χ1v) is 6.19. The maximum atomic E-state index is 12.0. The third-order valence-electron chi connectivity index (χ3n) is 2.44. The molecule has 18 heavy (non-hydrogen) atoms. The summed E-state index contributed by atoms with van der Waals surface area (Å²) in [6.07, 6.45) is 1.57. The highest BCUT2D eigenvalue weighted by Gasteiger charge is 2.11. The van der Waals surface area contributed by atoms with E-state index in [2.05, 4.69) is 20.7 Å². The van der Waals surface area contributed by atoms with Gasteiger partial charge in [-0.1, -0.05) is 0 Å². The van der Waals surface area contributed by atoms with Gasteiger partial charge < -0.3 is 10.7 Å². The van der Waals surface area contributed by atoms with Gasteiger partial charge in [-0.25, -0.2) is 15.8 Å². The van der Waals surface area contributed by atoms with Crippen molar-refractivity contribution in [2.24, 2.45) is 5.84 Å². The van der Waals surface area contributed by atoms with E-state index in [1.807, 2.05) is 6.92 Å². The Morgan fingerprint density at radius 2 is 2.33 bits per heavy atom. The van der Waals surface area contributed by atoms with Gasteiger partial charge in [0, 0.05) is 11.1 Å². The lowest BCUT2D eigenvalue weighted by atomic mass is 10.2. The molecule has 0 saturated carbocycles. The number of hydrazine groups is 1. The molecule has 0 bridgehead atoms. The second kappa shape index (κ2) is 5.56. The minimum atomic E-state index is -0.219. The number of nitrogens with two attached hydrogens (primary N) is 1. The summed E-state index contributed by atoms with van der Waals surface area (Å²) in [6.45, 7) is 2.36. The van der Waals surface area contributed by atoms with Crippen LogP contribution < -0.4 is 16.6 Å². The molecule has 0 aliphatic rings. The highest BCUT2D eigenvalue weighted by atomic mass is 32.1. The number of anilines is 1. The lowest BCUT2D eigenvalue weighted by Crippen LogP contribution is -2.25. The Morgan fingerprint density at radius 3 is 3.00 bits per heavy atom. The zero-order valence-electron chi connectivity index (χ0n) is 9.80. The van der Waals surface area contributed by atoms with Crippen LogP contribution in [0.1, 0.15) is 20.9 Å². The predicted octanol–water partition coefficient (Wildman–Crippen LogP) is 1.06. The molecule has 0 atom stereocenters. The number of carbonyl (C=O) groups excluding carboxylic acids is 1. The standard InChI is InChI=1S/C11H13N5OS/c1-7-9(18-6-15-7)5-14-11(17)8-3-2-4-13-10(8)16-12/h2-4,6H,5,12H2,1H3,(H,13,16)(H,14,17). The number of nitrogens with one attached hydrogen (secondary N) is 2. The highest BCUT2D eigenvalue weighted by molar-refractivity contribution is 7.09.